The highest BCUT2D eigenvalue weighted by molar-refractivity contribution is 7.90. The van der Waals surface area contributed by atoms with Gasteiger partial charge in [-0.2, -0.15) is 0 Å². The third-order valence-corrected chi connectivity index (χ3v) is 4.72. The fourth-order valence-electron chi connectivity index (χ4n) is 1.95. The Hall–Kier alpha value is -2.72. The van der Waals surface area contributed by atoms with Crippen molar-refractivity contribution in [2.24, 2.45) is 0 Å². The van der Waals surface area contributed by atoms with Gasteiger partial charge in [0.25, 0.3) is 15.8 Å². The van der Waals surface area contributed by atoms with Crippen LogP contribution in [-0.4, -0.2) is 22.4 Å². The lowest BCUT2D eigenvalue weighted by atomic mass is 10.2. The Morgan fingerprint density at radius 3 is 2.57 bits per heavy atom. The van der Waals surface area contributed by atoms with Crippen LogP contribution in [0.1, 0.15) is 5.56 Å². The van der Waals surface area contributed by atoms with Crippen molar-refractivity contribution < 1.29 is 8.42 Å². The van der Waals surface area contributed by atoms with Crippen molar-refractivity contribution in [1.82, 2.24) is 13.9 Å². The zero-order valence-electron chi connectivity index (χ0n) is 11.1. The molecule has 1 aromatic carbocycles. The molecule has 0 aliphatic heterocycles. The van der Waals surface area contributed by atoms with E-state index in [1.165, 1.54) is 18.5 Å². The van der Waals surface area contributed by atoms with Crippen molar-refractivity contribution in [3.05, 3.63) is 59.7 Å². The third kappa shape index (κ3) is 2.15. The Kier molecular flexibility index (Phi) is 2.96. The summed E-state index contributed by atoms with van der Waals surface area (Å²) in [5.41, 5.74) is 1.56. The van der Waals surface area contributed by atoms with Gasteiger partial charge in [-0.15, -0.1) is 4.98 Å². The topological polar surface area (TPSA) is 69.2 Å². The molecule has 0 saturated heterocycles. The molecule has 3 rings (SSSR count). The number of hydrogen-bond donors (Lipinski definition) is 0. The smallest absolute Gasteiger partial charge is 0.288 e. The number of aryl methyl sites for hydroxylation is 1. The van der Waals surface area contributed by atoms with Crippen LogP contribution in [-0.2, 0) is 10.0 Å². The summed E-state index contributed by atoms with van der Waals surface area (Å²) in [5, 5.41) is 0. The van der Waals surface area contributed by atoms with Gasteiger partial charge in [0.05, 0.1) is 11.1 Å². The van der Waals surface area contributed by atoms with Crippen LogP contribution in [0.25, 0.3) is 16.0 Å². The van der Waals surface area contributed by atoms with E-state index in [2.05, 4.69) is 14.8 Å². The highest BCUT2D eigenvalue weighted by Gasteiger charge is 2.21. The highest BCUT2D eigenvalue weighted by atomic mass is 32.2. The molecule has 2 heterocycles. The van der Waals surface area contributed by atoms with Gasteiger partial charge in [-0.1, -0.05) is 24.3 Å². The first kappa shape index (κ1) is 13.3. The molecule has 0 unspecified atom stereocenters. The molecule has 0 bridgehead atoms. The molecule has 2 aromatic heterocycles. The minimum Gasteiger partial charge on any atom is -0.359 e. The first-order chi connectivity index (χ1) is 10.0. The lowest BCUT2D eigenvalue weighted by molar-refractivity contribution is 0.588. The average molecular weight is 298 g/mol. The minimum atomic E-state index is -3.72. The predicted octanol–water partition coefficient (Wildman–Crippen LogP) is 2.53. The zero-order valence-corrected chi connectivity index (χ0v) is 11.9. The summed E-state index contributed by atoms with van der Waals surface area (Å²) >= 11 is 0. The number of benzene rings is 1. The Balaban J connectivity index is 2.20. The Labute approximate surface area is 121 Å². The SMILES string of the molecule is [C-]#[N+]c1cnc2c(ccn2S(=O)(=O)c2ccc(C)cc2)n1. The summed E-state index contributed by atoms with van der Waals surface area (Å²) in [6, 6.07) is 8.11. The zero-order chi connectivity index (χ0) is 15.0. The normalized spacial score (nSPS) is 11.4. The average Bonchev–Trinajstić information content (AvgIpc) is 2.91. The van der Waals surface area contributed by atoms with E-state index in [0.717, 1.165) is 9.54 Å². The van der Waals surface area contributed by atoms with Gasteiger partial charge in [-0.3, -0.25) is 0 Å². The largest absolute Gasteiger partial charge is 0.359 e. The second kappa shape index (κ2) is 4.68. The Morgan fingerprint density at radius 1 is 1.19 bits per heavy atom. The lowest BCUT2D eigenvalue weighted by Crippen LogP contribution is -2.12. The molecule has 0 spiro atoms. The van der Waals surface area contributed by atoms with Gasteiger partial charge < -0.3 is 4.85 Å². The second-order valence-corrected chi connectivity index (χ2v) is 6.29. The van der Waals surface area contributed by atoms with Gasteiger partial charge in [0, 0.05) is 12.3 Å². The quantitative estimate of drug-likeness (QED) is 0.682. The molecule has 0 amide bonds. The molecule has 6 nitrogen and oxygen atoms in total. The summed E-state index contributed by atoms with van der Waals surface area (Å²) in [4.78, 5) is 11.4. The molecule has 0 radical (unpaired) electrons. The van der Waals surface area contributed by atoms with E-state index in [1.807, 2.05) is 6.92 Å². The highest BCUT2D eigenvalue weighted by Crippen LogP contribution is 2.21. The number of fused-ring (bicyclic) bond motifs is 1. The van der Waals surface area contributed by atoms with Crippen LogP contribution in [0.15, 0.2) is 47.6 Å². The van der Waals surface area contributed by atoms with Crippen LogP contribution in [0.4, 0.5) is 5.82 Å². The second-order valence-electron chi connectivity index (χ2n) is 4.48. The van der Waals surface area contributed by atoms with Gasteiger partial charge in [-0.25, -0.2) is 17.4 Å². The van der Waals surface area contributed by atoms with Gasteiger partial charge in [0.2, 0.25) is 0 Å². The standard InChI is InChI=1S/C14H10N4O2S/c1-10-3-5-11(6-4-10)21(19,20)18-8-7-12-14(18)16-9-13(15-2)17-12/h3-9H,1H3. The summed E-state index contributed by atoms with van der Waals surface area (Å²) in [6.45, 7) is 8.79. The van der Waals surface area contributed by atoms with Crippen LogP contribution in [0, 0.1) is 13.5 Å². The Bertz CT molecular complexity index is 966. The molecule has 0 aliphatic carbocycles. The summed E-state index contributed by atoms with van der Waals surface area (Å²) < 4.78 is 26.3. The maximum Gasteiger partial charge on any atom is 0.288 e. The maximum absolute atomic E-state index is 12.6. The molecule has 0 N–H and O–H groups in total. The molecule has 7 heteroatoms. The van der Waals surface area contributed by atoms with Crippen molar-refractivity contribution in [3.63, 3.8) is 0 Å². The van der Waals surface area contributed by atoms with Gasteiger partial charge >= 0.3 is 0 Å². The van der Waals surface area contributed by atoms with E-state index in [0.29, 0.717) is 5.52 Å². The summed E-state index contributed by atoms with van der Waals surface area (Å²) in [6.07, 6.45) is 2.66. The van der Waals surface area contributed by atoms with Crippen LogP contribution >= 0.6 is 0 Å². The first-order valence-corrected chi connectivity index (χ1v) is 7.50. The van der Waals surface area contributed by atoms with Crippen LogP contribution in [0.5, 0.6) is 0 Å². The monoisotopic (exact) mass is 298 g/mol. The predicted molar refractivity (Wildman–Crippen MR) is 77.6 cm³/mol. The van der Waals surface area contributed by atoms with Crippen LogP contribution in [0.2, 0.25) is 0 Å². The van der Waals surface area contributed by atoms with Crippen molar-refractivity contribution in [2.75, 3.05) is 0 Å². The van der Waals surface area contributed by atoms with Crippen molar-refractivity contribution >= 4 is 27.0 Å². The fraction of sp³-hybridized carbons (Fsp3) is 0.0714. The third-order valence-electron chi connectivity index (χ3n) is 3.04. The molecule has 21 heavy (non-hydrogen) atoms. The van der Waals surface area contributed by atoms with E-state index in [4.69, 9.17) is 6.57 Å². The molecular weight excluding hydrogens is 288 g/mol. The van der Waals surface area contributed by atoms with E-state index >= 15 is 0 Å². The van der Waals surface area contributed by atoms with Crippen molar-refractivity contribution in [2.45, 2.75) is 11.8 Å². The van der Waals surface area contributed by atoms with Crippen molar-refractivity contribution in [1.29, 1.82) is 0 Å². The molecule has 0 fully saturated rings. The molecule has 104 valence electrons. The number of hydrogen-bond acceptors (Lipinski definition) is 4. The lowest BCUT2D eigenvalue weighted by Gasteiger charge is -2.06. The number of rotatable bonds is 2. The van der Waals surface area contributed by atoms with Gasteiger partial charge in [-0.05, 0) is 19.1 Å². The van der Waals surface area contributed by atoms with Crippen molar-refractivity contribution in [3.8, 4) is 0 Å². The molecule has 0 atom stereocenters. The summed E-state index contributed by atoms with van der Waals surface area (Å²) in [5.74, 6) is 0.132. The van der Waals surface area contributed by atoms with Gasteiger partial charge in [0.1, 0.15) is 0 Å². The molecule has 0 saturated carbocycles. The maximum atomic E-state index is 12.6. The first-order valence-electron chi connectivity index (χ1n) is 6.06. The number of aromatic nitrogens is 3. The number of nitrogens with zero attached hydrogens (tertiary/aromatic N) is 4. The van der Waals surface area contributed by atoms with E-state index in [9.17, 15) is 8.42 Å². The summed E-state index contributed by atoms with van der Waals surface area (Å²) in [7, 11) is -3.72. The van der Waals surface area contributed by atoms with Gasteiger partial charge in [0.15, 0.2) is 11.2 Å². The van der Waals surface area contributed by atoms with Crippen LogP contribution < -0.4 is 0 Å². The Morgan fingerprint density at radius 2 is 1.90 bits per heavy atom. The minimum absolute atomic E-state index is 0.132. The van der Waals surface area contributed by atoms with E-state index < -0.39 is 10.0 Å². The fourth-order valence-corrected chi connectivity index (χ4v) is 3.25. The molecular formula is C14H10N4O2S. The molecule has 3 aromatic rings. The van der Waals surface area contributed by atoms with E-state index in [-0.39, 0.29) is 16.4 Å². The van der Waals surface area contributed by atoms with Crippen LogP contribution in [0.3, 0.4) is 0 Å². The van der Waals surface area contributed by atoms with E-state index in [1.54, 1.807) is 24.3 Å². The molecule has 0 aliphatic rings.